The molecule has 0 unspecified atom stereocenters. The first kappa shape index (κ1) is 19.1. The van der Waals surface area contributed by atoms with Gasteiger partial charge >= 0.3 is 0 Å². The van der Waals surface area contributed by atoms with Crippen LogP contribution in [0.1, 0.15) is 24.8 Å². The molecule has 0 saturated carbocycles. The van der Waals surface area contributed by atoms with E-state index in [0.29, 0.717) is 5.69 Å². The van der Waals surface area contributed by atoms with Gasteiger partial charge in [0.2, 0.25) is 5.76 Å². The van der Waals surface area contributed by atoms with Crippen molar-refractivity contribution in [3.8, 4) is 11.8 Å². The molecule has 1 rings (SSSR count). The average molecular weight is 346 g/mol. The van der Waals surface area contributed by atoms with Crippen LogP contribution in [-0.4, -0.2) is 58.6 Å². The van der Waals surface area contributed by atoms with Crippen LogP contribution in [0, 0.1) is 11.8 Å². The van der Waals surface area contributed by atoms with Gasteiger partial charge in [-0.25, -0.2) is 13.9 Å². The van der Waals surface area contributed by atoms with Gasteiger partial charge in [0.15, 0.2) is 9.84 Å². The standard InChI is InChI=1S/C13H18N2O7S/c1-13(12(18)14-19,23(2,20)21)6-5-9-7-11(22-15-9)4-3-10(17)8-16/h7,10,16-17,19H,5-6,8H2,1-2H3,(H,14,18)/t10-,13+/m0/s1. The minimum absolute atomic E-state index is 0.0880. The second-order valence-corrected chi connectivity index (χ2v) is 7.54. The average Bonchev–Trinajstić information content (AvgIpc) is 2.96. The summed E-state index contributed by atoms with van der Waals surface area (Å²) in [6, 6.07) is 1.43. The molecule has 0 aliphatic heterocycles. The van der Waals surface area contributed by atoms with Crippen LogP contribution in [0.3, 0.4) is 0 Å². The number of aliphatic hydroxyl groups excluding tert-OH is 2. The predicted molar refractivity (Wildman–Crippen MR) is 78.0 cm³/mol. The molecule has 0 saturated heterocycles. The normalized spacial score (nSPS) is 15.2. The highest BCUT2D eigenvalue weighted by Gasteiger charge is 2.43. The number of nitrogens with zero attached hydrogens (tertiary/aromatic N) is 1. The van der Waals surface area contributed by atoms with Gasteiger partial charge in [0, 0.05) is 12.3 Å². The first-order valence-electron chi connectivity index (χ1n) is 6.54. The third-order valence-corrected chi connectivity index (χ3v) is 5.38. The summed E-state index contributed by atoms with van der Waals surface area (Å²) in [6.07, 6.45) is -0.342. The van der Waals surface area contributed by atoms with Gasteiger partial charge in [0.1, 0.15) is 10.9 Å². The Hall–Kier alpha value is -1.93. The van der Waals surface area contributed by atoms with Crippen LogP contribution in [0.4, 0.5) is 0 Å². The largest absolute Gasteiger partial charge is 0.393 e. The van der Waals surface area contributed by atoms with E-state index in [0.717, 1.165) is 6.26 Å². The number of hydrogen-bond donors (Lipinski definition) is 4. The number of carbonyl (C=O) groups excluding carboxylic acids is 1. The molecule has 2 atom stereocenters. The van der Waals surface area contributed by atoms with Crippen molar-refractivity contribution in [1.29, 1.82) is 0 Å². The van der Waals surface area contributed by atoms with E-state index in [1.54, 1.807) is 0 Å². The lowest BCUT2D eigenvalue weighted by Gasteiger charge is -2.24. The first-order chi connectivity index (χ1) is 10.6. The molecule has 1 amide bonds. The minimum atomic E-state index is -3.78. The van der Waals surface area contributed by atoms with Crippen molar-refractivity contribution in [3.05, 3.63) is 17.5 Å². The Morgan fingerprint density at radius 1 is 1.57 bits per heavy atom. The Kier molecular flexibility index (Phi) is 6.28. The predicted octanol–water partition coefficient (Wildman–Crippen LogP) is -1.38. The Balaban J connectivity index is 2.86. The maximum atomic E-state index is 11.8. The fourth-order valence-corrected chi connectivity index (χ4v) is 2.50. The Morgan fingerprint density at radius 3 is 2.74 bits per heavy atom. The van der Waals surface area contributed by atoms with Crippen molar-refractivity contribution >= 4 is 15.7 Å². The molecule has 0 bridgehead atoms. The zero-order valence-electron chi connectivity index (χ0n) is 12.6. The molecule has 0 fully saturated rings. The fourth-order valence-electron chi connectivity index (χ4n) is 1.64. The summed E-state index contributed by atoms with van der Waals surface area (Å²) >= 11 is 0. The summed E-state index contributed by atoms with van der Waals surface area (Å²) in [5, 5.41) is 30.1. The second kappa shape index (κ2) is 7.56. The quantitative estimate of drug-likeness (QED) is 0.280. The molecular weight excluding hydrogens is 328 g/mol. The second-order valence-electron chi connectivity index (χ2n) is 5.09. The number of hydrogen-bond acceptors (Lipinski definition) is 8. The monoisotopic (exact) mass is 346 g/mol. The topological polar surface area (TPSA) is 150 Å². The number of carbonyl (C=O) groups is 1. The number of aromatic nitrogens is 1. The van der Waals surface area contributed by atoms with Gasteiger partial charge < -0.3 is 14.7 Å². The van der Waals surface area contributed by atoms with Crippen molar-refractivity contribution < 1.29 is 33.2 Å². The summed E-state index contributed by atoms with van der Waals surface area (Å²) in [6.45, 7) is 0.684. The third kappa shape index (κ3) is 4.77. The molecule has 0 spiro atoms. The lowest BCUT2D eigenvalue weighted by Crippen LogP contribution is -2.49. The van der Waals surface area contributed by atoms with Gasteiger partial charge in [0.25, 0.3) is 5.91 Å². The lowest BCUT2D eigenvalue weighted by molar-refractivity contribution is -0.131. The molecule has 1 aromatic heterocycles. The number of amides is 1. The van der Waals surface area contributed by atoms with Crippen LogP contribution in [0.25, 0.3) is 0 Å². The minimum Gasteiger partial charge on any atom is -0.393 e. The van der Waals surface area contributed by atoms with Crippen LogP contribution in [0.15, 0.2) is 10.6 Å². The van der Waals surface area contributed by atoms with E-state index in [1.807, 2.05) is 0 Å². The van der Waals surface area contributed by atoms with Gasteiger partial charge in [0.05, 0.1) is 12.3 Å². The number of sulfone groups is 1. The summed E-state index contributed by atoms with van der Waals surface area (Å²) < 4.78 is 26.7. The highest BCUT2D eigenvalue weighted by molar-refractivity contribution is 7.92. The van der Waals surface area contributed by atoms with E-state index < -0.39 is 33.2 Å². The number of nitrogens with one attached hydrogen (secondary N) is 1. The lowest BCUT2D eigenvalue weighted by atomic mass is 10.0. The van der Waals surface area contributed by atoms with Crippen molar-refractivity contribution in [2.75, 3.05) is 12.9 Å². The number of hydroxylamine groups is 1. The van der Waals surface area contributed by atoms with Crippen LogP contribution in [-0.2, 0) is 21.1 Å². The van der Waals surface area contributed by atoms with E-state index in [4.69, 9.17) is 19.9 Å². The molecule has 0 aliphatic carbocycles. The van der Waals surface area contributed by atoms with Crippen molar-refractivity contribution in [2.45, 2.75) is 30.6 Å². The number of aryl methyl sites for hydroxylation is 1. The molecule has 23 heavy (non-hydrogen) atoms. The highest BCUT2D eigenvalue weighted by Crippen LogP contribution is 2.23. The van der Waals surface area contributed by atoms with Gasteiger partial charge in [-0.05, 0) is 25.7 Å². The van der Waals surface area contributed by atoms with Crippen LogP contribution >= 0.6 is 0 Å². The van der Waals surface area contributed by atoms with Gasteiger partial charge in [-0.3, -0.25) is 10.0 Å². The number of aliphatic hydroxyl groups is 2. The van der Waals surface area contributed by atoms with Crippen molar-refractivity contribution in [2.24, 2.45) is 0 Å². The fraction of sp³-hybridized carbons (Fsp3) is 0.538. The molecule has 1 heterocycles. The molecule has 9 nitrogen and oxygen atoms in total. The van der Waals surface area contributed by atoms with E-state index >= 15 is 0 Å². The summed E-state index contributed by atoms with van der Waals surface area (Å²) in [5.41, 5.74) is 1.71. The molecule has 0 radical (unpaired) electrons. The van der Waals surface area contributed by atoms with E-state index in [1.165, 1.54) is 18.5 Å². The zero-order valence-corrected chi connectivity index (χ0v) is 13.4. The maximum absolute atomic E-state index is 11.8. The van der Waals surface area contributed by atoms with E-state index in [-0.39, 0.29) is 18.6 Å². The Labute approximate surface area is 133 Å². The first-order valence-corrected chi connectivity index (χ1v) is 8.43. The van der Waals surface area contributed by atoms with Crippen molar-refractivity contribution in [3.63, 3.8) is 0 Å². The summed E-state index contributed by atoms with van der Waals surface area (Å²) in [4.78, 5) is 11.7. The molecule has 1 aromatic rings. The number of rotatable bonds is 6. The Morgan fingerprint density at radius 2 is 2.22 bits per heavy atom. The van der Waals surface area contributed by atoms with Gasteiger partial charge in [-0.1, -0.05) is 11.1 Å². The SMILES string of the molecule is C[C@@](CCc1cc(C#C[C@H](O)CO)on1)(C(=O)NO)S(C)(=O)=O. The molecule has 4 N–H and O–H groups in total. The van der Waals surface area contributed by atoms with Crippen LogP contribution in [0.2, 0.25) is 0 Å². The summed E-state index contributed by atoms with van der Waals surface area (Å²) in [7, 11) is -3.78. The molecule has 0 aliphatic rings. The smallest absolute Gasteiger partial charge is 0.264 e. The maximum Gasteiger partial charge on any atom is 0.264 e. The Bertz CT molecular complexity index is 716. The molecular formula is C13H18N2O7S. The zero-order chi connectivity index (χ0) is 17.7. The molecule has 0 aromatic carbocycles. The van der Waals surface area contributed by atoms with Crippen LogP contribution < -0.4 is 5.48 Å². The van der Waals surface area contributed by atoms with Gasteiger partial charge in [-0.15, -0.1) is 0 Å². The molecule has 10 heteroatoms. The highest BCUT2D eigenvalue weighted by atomic mass is 32.2. The van der Waals surface area contributed by atoms with E-state index in [9.17, 15) is 13.2 Å². The third-order valence-electron chi connectivity index (χ3n) is 3.35. The molecule has 128 valence electrons. The van der Waals surface area contributed by atoms with E-state index in [2.05, 4.69) is 17.0 Å². The van der Waals surface area contributed by atoms with Gasteiger partial charge in [-0.2, -0.15) is 0 Å². The van der Waals surface area contributed by atoms with Crippen LogP contribution in [0.5, 0.6) is 0 Å². The summed E-state index contributed by atoms with van der Waals surface area (Å²) in [5.74, 6) is 3.86. The van der Waals surface area contributed by atoms with Crippen molar-refractivity contribution in [1.82, 2.24) is 10.6 Å².